The average Bonchev–Trinajstić information content (AvgIpc) is 2.20. The van der Waals surface area contributed by atoms with Crippen LogP contribution in [-0.4, -0.2) is 6.04 Å². The van der Waals surface area contributed by atoms with E-state index < -0.39 is 0 Å². The van der Waals surface area contributed by atoms with Crippen LogP contribution in [0.15, 0.2) is 24.3 Å². The van der Waals surface area contributed by atoms with E-state index in [2.05, 4.69) is 19.2 Å². The van der Waals surface area contributed by atoms with E-state index in [1.165, 1.54) is 18.6 Å². The van der Waals surface area contributed by atoms with E-state index in [0.717, 1.165) is 18.5 Å². The topological polar surface area (TPSA) is 12.0 Å². The van der Waals surface area contributed by atoms with Crippen molar-refractivity contribution < 1.29 is 4.39 Å². The number of rotatable bonds is 5. The summed E-state index contributed by atoms with van der Waals surface area (Å²) in [6.07, 6.45) is 3.44. The quantitative estimate of drug-likeness (QED) is 0.753. The molecule has 1 aromatic rings. The normalized spacial score (nSPS) is 12.5. The molecule has 0 heterocycles. The highest BCUT2D eigenvalue weighted by Crippen LogP contribution is 2.13. The van der Waals surface area contributed by atoms with Crippen LogP contribution in [0.5, 0.6) is 0 Å². The highest BCUT2D eigenvalue weighted by molar-refractivity contribution is 5.43. The van der Waals surface area contributed by atoms with Gasteiger partial charge in [0.25, 0.3) is 0 Å². The predicted molar refractivity (Wildman–Crippen MR) is 59.0 cm³/mol. The van der Waals surface area contributed by atoms with Gasteiger partial charge in [-0.1, -0.05) is 20.3 Å². The summed E-state index contributed by atoms with van der Waals surface area (Å²) in [6, 6.07) is 7.05. The number of hydrogen-bond donors (Lipinski definition) is 1. The Labute approximate surface area is 85.3 Å². The summed E-state index contributed by atoms with van der Waals surface area (Å²) in [4.78, 5) is 0. The van der Waals surface area contributed by atoms with Crippen molar-refractivity contribution in [1.29, 1.82) is 0 Å². The van der Waals surface area contributed by atoms with Crippen molar-refractivity contribution in [2.24, 2.45) is 0 Å². The fraction of sp³-hybridized carbons (Fsp3) is 0.500. The summed E-state index contributed by atoms with van der Waals surface area (Å²) in [5, 5.41) is 3.39. The first kappa shape index (κ1) is 11.0. The van der Waals surface area contributed by atoms with Crippen molar-refractivity contribution in [2.75, 3.05) is 5.32 Å². The molecule has 0 aliphatic carbocycles. The summed E-state index contributed by atoms with van der Waals surface area (Å²) in [5.74, 6) is -0.181. The molecule has 1 nitrogen and oxygen atoms in total. The van der Waals surface area contributed by atoms with Gasteiger partial charge in [-0.2, -0.15) is 0 Å². The van der Waals surface area contributed by atoms with Crippen LogP contribution in [0.2, 0.25) is 0 Å². The van der Waals surface area contributed by atoms with Crippen molar-refractivity contribution in [1.82, 2.24) is 0 Å². The maximum Gasteiger partial charge on any atom is 0.123 e. The van der Waals surface area contributed by atoms with Crippen LogP contribution in [0.4, 0.5) is 10.1 Å². The number of anilines is 1. The summed E-state index contributed by atoms with van der Waals surface area (Å²) in [6.45, 7) is 4.34. The molecular formula is C12H18FN. The SMILES string of the molecule is CCCC(CC)Nc1ccc(F)cc1. The van der Waals surface area contributed by atoms with Crippen molar-refractivity contribution in [3.05, 3.63) is 30.1 Å². The molecule has 0 aliphatic rings. The molecule has 14 heavy (non-hydrogen) atoms. The third kappa shape index (κ3) is 3.36. The van der Waals surface area contributed by atoms with Gasteiger partial charge in [0.15, 0.2) is 0 Å². The molecule has 0 spiro atoms. The Balaban J connectivity index is 2.53. The Morgan fingerprint density at radius 3 is 2.36 bits per heavy atom. The molecule has 0 saturated heterocycles. The molecule has 0 fully saturated rings. The summed E-state index contributed by atoms with van der Waals surface area (Å²) in [7, 11) is 0. The van der Waals surface area contributed by atoms with Gasteiger partial charge in [-0.25, -0.2) is 4.39 Å². The molecule has 78 valence electrons. The monoisotopic (exact) mass is 195 g/mol. The van der Waals surface area contributed by atoms with Crippen molar-refractivity contribution in [3.8, 4) is 0 Å². The molecule has 0 amide bonds. The fourth-order valence-electron chi connectivity index (χ4n) is 1.51. The van der Waals surface area contributed by atoms with E-state index >= 15 is 0 Å². The van der Waals surface area contributed by atoms with Gasteiger partial charge in [0.2, 0.25) is 0 Å². The van der Waals surface area contributed by atoms with E-state index in [9.17, 15) is 4.39 Å². The van der Waals surface area contributed by atoms with Gasteiger partial charge in [0.1, 0.15) is 5.82 Å². The zero-order valence-electron chi connectivity index (χ0n) is 8.89. The first-order valence-corrected chi connectivity index (χ1v) is 5.28. The number of hydrogen-bond acceptors (Lipinski definition) is 1. The van der Waals surface area contributed by atoms with Gasteiger partial charge >= 0.3 is 0 Å². The molecule has 2 heteroatoms. The Morgan fingerprint density at radius 2 is 1.86 bits per heavy atom. The van der Waals surface area contributed by atoms with Gasteiger partial charge in [-0.05, 0) is 37.1 Å². The molecule has 0 aliphatic heterocycles. The molecular weight excluding hydrogens is 177 g/mol. The second-order valence-electron chi connectivity index (χ2n) is 3.55. The average molecular weight is 195 g/mol. The standard InChI is InChI=1S/C12H18FN/c1-3-5-11(4-2)14-12-8-6-10(13)7-9-12/h6-9,11,14H,3-5H2,1-2H3. The Kier molecular flexibility index (Phi) is 4.44. The third-order valence-electron chi connectivity index (χ3n) is 2.34. The van der Waals surface area contributed by atoms with Crippen LogP contribution in [0, 0.1) is 5.82 Å². The van der Waals surface area contributed by atoms with Crippen LogP contribution >= 0.6 is 0 Å². The highest BCUT2D eigenvalue weighted by Gasteiger charge is 2.03. The van der Waals surface area contributed by atoms with Crippen molar-refractivity contribution in [3.63, 3.8) is 0 Å². The molecule has 0 bridgehead atoms. The molecule has 1 atom stereocenters. The third-order valence-corrected chi connectivity index (χ3v) is 2.34. The van der Waals surface area contributed by atoms with Crippen LogP contribution in [0.3, 0.4) is 0 Å². The van der Waals surface area contributed by atoms with Crippen LogP contribution < -0.4 is 5.32 Å². The smallest absolute Gasteiger partial charge is 0.123 e. The van der Waals surface area contributed by atoms with Gasteiger partial charge < -0.3 is 5.32 Å². The molecule has 0 radical (unpaired) electrons. The second-order valence-corrected chi connectivity index (χ2v) is 3.55. The maximum absolute atomic E-state index is 12.6. The van der Waals surface area contributed by atoms with Gasteiger partial charge in [0.05, 0.1) is 0 Å². The van der Waals surface area contributed by atoms with E-state index in [4.69, 9.17) is 0 Å². The molecule has 0 aromatic heterocycles. The van der Waals surface area contributed by atoms with Crippen LogP contribution in [-0.2, 0) is 0 Å². The fourth-order valence-corrected chi connectivity index (χ4v) is 1.51. The largest absolute Gasteiger partial charge is 0.382 e. The van der Waals surface area contributed by atoms with E-state index in [0.29, 0.717) is 6.04 Å². The zero-order valence-corrected chi connectivity index (χ0v) is 8.89. The van der Waals surface area contributed by atoms with Crippen LogP contribution in [0.1, 0.15) is 33.1 Å². The highest BCUT2D eigenvalue weighted by atomic mass is 19.1. The zero-order chi connectivity index (χ0) is 10.4. The molecule has 1 unspecified atom stereocenters. The molecule has 0 saturated carbocycles. The number of halogens is 1. The predicted octanol–water partition coefficient (Wildman–Crippen LogP) is 3.82. The first-order chi connectivity index (χ1) is 6.76. The first-order valence-electron chi connectivity index (χ1n) is 5.28. The Hall–Kier alpha value is -1.05. The minimum absolute atomic E-state index is 0.181. The molecule has 1 aromatic carbocycles. The number of benzene rings is 1. The number of nitrogens with one attached hydrogen (secondary N) is 1. The Bertz CT molecular complexity index is 256. The van der Waals surface area contributed by atoms with Gasteiger partial charge in [-0.3, -0.25) is 0 Å². The second kappa shape index (κ2) is 5.63. The van der Waals surface area contributed by atoms with Crippen molar-refractivity contribution >= 4 is 5.69 Å². The maximum atomic E-state index is 12.6. The Morgan fingerprint density at radius 1 is 1.21 bits per heavy atom. The van der Waals surface area contributed by atoms with E-state index in [-0.39, 0.29) is 5.82 Å². The minimum atomic E-state index is -0.181. The lowest BCUT2D eigenvalue weighted by Gasteiger charge is -2.17. The van der Waals surface area contributed by atoms with Gasteiger partial charge in [-0.15, -0.1) is 0 Å². The lowest BCUT2D eigenvalue weighted by molar-refractivity contribution is 0.618. The van der Waals surface area contributed by atoms with Crippen molar-refractivity contribution in [2.45, 2.75) is 39.2 Å². The van der Waals surface area contributed by atoms with Gasteiger partial charge in [0, 0.05) is 11.7 Å². The summed E-state index contributed by atoms with van der Waals surface area (Å²) in [5.41, 5.74) is 1.01. The lowest BCUT2D eigenvalue weighted by Crippen LogP contribution is -2.17. The molecule has 1 rings (SSSR count). The van der Waals surface area contributed by atoms with E-state index in [1.807, 2.05) is 0 Å². The lowest BCUT2D eigenvalue weighted by atomic mass is 10.1. The summed E-state index contributed by atoms with van der Waals surface area (Å²) < 4.78 is 12.6. The minimum Gasteiger partial charge on any atom is -0.382 e. The van der Waals surface area contributed by atoms with Crippen LogP contribution in [0.25, 0.3) is 0 Å². The summed E-state index contributed by atoms with van der Waals surface area (Å²) >= 11 is 0. The molecule has 1 N–H and O–H groups in total. The van der Waals surface area contributed by atoms with E-state index in [1.54, 1.807) is 12.1 Å².